The fraction of sp³-hybridized carbons (Fsp3) is 0.160. The van der Waals surface area contributed by atoms with Gasteiger partial charge in [0.2, 0.25) is 11.8 Å². The fourth-order valence-corrected chi connectivity index (χ4v) is 3.24. The van der Waals surface area contributed by atoms with E-state index in [2.05, 4.69) is 20.9 Å². The Morgan fingerprint density at radius 3 is 2.03 bits per heavy atom. The van der Waals surface area contributed by atoms with Crippen molar-refractivity contribution in [3.05, 3.63) is 101 Å². The smallest absolute Gasteiger partial charge is 0.335 e. The second-order valence-corrected chi connectivity index (χ2v) is 7.70. The van der Waals surface area contributed by atoms with E-state index in [1.54, 1.807) is 60.9 Å². The summed E-state index contributed by atoms with van der Waals surface area (Å²) in [5, 5.41) is 25.1. The van der Waals surface area contributed by atoms with E-state index in [4.69, 9.17) is 16.2 Å². The van der Waals surface area contributed by atoms with E-state index < -0.39 is 17.9 Å². The molecule has 0 bridgehead atoms. The van der Waals surface area contributed by atoms with Crippen molar-refractivity contribution in [3.63, 3.8) is 0 Å². The van der Waals surface area contributed by atoms with Crippen molar-refractivity contribution in [1.82, 2.24) is 20.9 Å². The zero-order chi connectivity index (χ0) is 25.2. The summed E-state index contributed by atoms with van der Waals surface area (Å²) in [4.78, 5) is 40.3. The molecule has 11 heteroatoms. The number of carbonyl (C=O) groups is 3. The second kappa shape index (κ2) is 13.6. The molecule has 2 aromatic carbocycles. The van der Waals surface area contributed by atoms with Crippen molar-refractivity contribution in [2.45, 2.75) is 19.1 Å². The molecule has 1 aromatic heterocycles. The Morgan fingerprint density at radius 2 is 1.44 bits per heavy atom. The predicted molar refractivity (Wildman–Crippen MR) is 137 cm³/mol. The van der Waals surface area contributed by atoms with Gasteiger partial charge in [-0.25, -0.2) is 4.79 Å². The van der Waals surface area contributed by atoms with Crippen LogP contribution in [-0.4, -0.2) is 40.3 Å². The molecule has 1 atom stereocenters. The van der Waals surface area contributed by atoms with Crippen LogP contribution in [0.25, 0.3) is 0 Å². The average Bonchev–Trinajstić information content (AvgIpc) is 2.87. The highest BCUT2D eigenvalue weighted by Crippen LogP contribution is 2.16. The number of aromatic nitrogens is 1. The van der Waals surface area contributed by atoms with Crippen LogP contribution in [0.1, 0.15) is 38.7 Å². The van der Waals surface area contributed by atoms with E-state index in [9.17, 15) is 14.4 Å². The van der Waals surface area contributed by atoms with Gasteiger partial charge in [-0.1, -0.05) is 36.4 Å². The van der Waals surface area contributed by atoms with E-state index >= 15 is 0 Å². The van der Waals surface area contributed by atoms with Crippen molar-refractivity contribution in [3.8, 4) is 0 Å². The monoisotopic (exact) mass is 510 g/mol. The summed E-state index contributed by atoms with van der Waals surface area (Å²) in [5.41, 5.74) is 8.45. The lowest BCUT2D eigenvalue weighted by molar-refractivity contribution is -0.127. The topological polar surface area (TPSA) is 170 Å². The number of amides is 2. The maximum Gasteiger partial charge on any atom is 0.335 e. The molecular formula is C25H27ClN6O4. The Hall–Kier alpha value is -4.28. The van der Waals surface area contributed by atoms with E-state index in [1.165, 1.54) is 12.1 Å². The predicted octanol–water partition coefficient (Wildman–Crippen LogP) is 1.75. The maximum absolute atomic E-state index is 13.0. The number of nitrogen functional groups attached to an aromatic ring is 1. The van der Waals surface area contributed by atoms with E-state index in [0.29, 0.717) is 24.2 Å². The van der Waals surface area contributed by atoms with Crippen LogP contribution in [0.4, 0.5) is 0 Å². The molecule has 0 radical (unpaired) electrons. The highest BCUT2D eigenvalue weighted by molar-refractivity contribution is 5.95. The molecule has 2 amide bonds. The summed E-state index contributed by atoms with van der Waals surface area (Å²) < 4.78 is 0. The van der Waals surface area contributed by atoms with Crippen molar-refractivity contribution in [2.24, 2.45) is 5.73 Å². The number of benzene rings is 2. The summed E-state index contributed by atoms with van der Waals surface area (Å²) in [5.74, 6) is -1.90. The average molecular weight is 511 g/mol. The van der Waals surface area contributed by atoms with Gasteiger partial charge in [-0.3, -0.25) is 25.3 Å². The summed E-state index contributed by atoms with van der Waals surface area (Å²) in [6.45, 7) is 0.402. The van der Waals surface area contributed by atoms with Gasteiger partial charge in [-0.2, -0.15) is 0 Å². The molecule has 0 aliphatic carbocycles. The molecular weight excluding hydrogens is 484 g/mol. The van der Waals surface area contributed by atoms with Crippen LogP contribution in [0.15, 0.2) is 73.1 Å². The summed E-state index contributed by atoms with van der Waals surface area (Å²) in [6, 6.07) is 15.7. The number of carboxylic acid groups (broad SMARTS) is 1. The van der Waals surface area contributed by atoms with Crippen LogP contribution >= 0.6 is 12.4 Å². The van der Waals surface area contributed by atoms with Gasteiger partial charge in [0.1, 0.15) is 11.9 Å². The summed E-state index contributed by atoms with van der Waals surface area (Å²) >= 11 is 0. The van der Waals surface area contributed by atoms with Crippen LogP contribution in [-0.2, 0) is 22.7 Å². The molecule has 0 aliphatic heterocycles. The lowest BCUT2D eigenvalue weighted by Crippen LogP contribution is -2.42. The number of amidine groups is 1. The molecule has 0 aliphatic rings. The van der Waals surface area contributed by atoms with Crippen molar-refractivity contribution in [2.75, 3.05) is 6.54 Å². The zero-order valence-corrected chi connectivity index (χ0v) is 20.0. The van der Waals surface area contributed by atoms with Gasteiger partial charge in [-0.05, 0) is 41.0 Å². The molecule has 1 unspecified atom stereocenters. The number of nitrogens with zero attached hydrogens (tertiary/aromatic N) is 1. The van der Waals surface area contributed by atoms with Crippen LogP contribution in [0.5, 0.6) is 0 Å². The Labute approximate surface area is 214 Å². The van der Waals surface area contributed by atoms with Gasteiger partial charge in [0, 0.05) is 31.0 Å². The van der Waals surface area contributed by atoms with E-state index in [-0.39, 0.29) is 36.3 Å². The molecule has 0 spiro atoms. The van der Waals surface area contributed by atoms with Gasteiger partial charge >= 0.3 is 5.97 Å². The second-order valence-electron chi connectivity index (χ2n) is 7.70. The molecule has 7 N–H and O–H groups in total. The minimum atomic E-state index is -1.07. The molecule has 0 saturated heterocycles. The Balaban J connectivity index is 0.00000456. The molecule has 1 heterocycles. The lowest BCUT2D eigenvalue weighted by atomic mass is 10.0. The first-order valence-corrected chi connectivity index (χ1v) is 10.8. The third-order valence-corrected chi connectivity index (χ3v) is 5.19. The highest BCUT2D eigenvalue weighted by atomic mass is 35.5. The standard InChI is InChI=1S/C25H26N6O4.ClH/c26-23(27)19-3-1-16(2-4-19)14-30-22(18-5-7-20(8-6-18)25(34)35)24(33)31-15-21(32)29-13-17-9-11-28-12-10-17;/h1-12,22,30H,13-15H2,(H3,26,27)(H,29,32)(H,31,33)(H,34,35);1H. The third kappa shape index (κ3) is 8.19. The van der Waals surface area contributed by atoms with Gasteiger partial charge in [0.25, 0.3) is 0 Å². The van der Waals surface area contributed by atoms with E-state index in [1.807, 2.05) is 0 Å². The number of carboxylic acids is 1. The minimum absolute atomic E-state index is 0. The van der Waals surface area contributed by atoms with Crippen LogP contribution in [0.3, 0.4) is 0 Å². The lowest BCUT2D eigenvalue weighted by Gasteiger charge is -2.19. The molecule has 3 rings (SSSR count). The van der Waals surface area contributed by atoms with Gasteiger partial charge in [0.15, 0.2) is 0 Å². The Bertz CT molecular complexity index is 1190. The van der Waals surface area contributed by atoms with Crippen LogP contribution in [0, 0.1) is 5.41 Å². The number of nitrogens with one attached hydrogen (secondary N) is 4. The van der Waals surface area contributed by atoms with Crippen molar-refractivity contribution < 1.29 is 19.5 Å². The van der Waals surface area contributed by atoms with Gasteiger partial charge < -0.3 is 21.5 Å². The number of rotatable bonds is 11. The molecule has 10 nitrogen and oxygen atoms in total. The maximum atomic E-state index is 13.0. The molecule has 0 saturated carbocycles. The number of halogens is 1. The number of aromatic carboxylic acids is 1. The highest BCUT2D eigenvalue weighted by Gasteiger charge is 2.21. The molecule has 3 aromatic rings. The summed E-state index contributed by atoms with van der Waals surface area (Å²) in [7, 11) is 0. The normalized spacial score (nSPS) is 11.0. The SMILES string of the molecule is Cl.N=C(N)c1ccc(CNC(C(=O)NCC(=O)NCc2ccncc2)c2ccc(C(=O)O)cc2)cc1. The van der Waals surface area contributed by atoms with Crippen LogP contribution in [0.2, 0.25) is 0 Å². The number of nitrogens with two attached hydrogens (primary N) is 1. The number of hydrogen-bond donors (Lipinski definition) is 6. The third-order valence-electron chi connectivity index (χ3n) is 5.19. The van der Waals surface area contributed by atoms with Crippen molar-refractivity contribution >= 4 is 36.0 Å². The molecule has 0 fully saturated rings. The quantitative estimate of drug-likeness (QED) is 0.168. The first kappa shape index (κ1) is 28.0. The largest absolute Gasteiger partial charge is 0.478 e. The fourth-order valence-electron chi connectivity index (χ4n) is 3.24. The molecule has 188 valence electrons. The Kier molecular flexibility index (Phi) is 10.5. The van der Waals surface area contributed by atoms with Crippen LogP contribution < -0.4 is 21.7 Å². The van der Waals surface area contributed by atoms with Gasteiger partial charge in [-0.15, -0.1) is 12.4 Å². The minimum Gasteiger partial charge on any atom is -0.478 e. The van der Waals surface area contributed by atoms with E-state index in [0.717, 1.165) is 11.1 Å². The van der Waals surface area contributed by atoms with Crippen molar-refractivity contribution in [1.29, 1.82) is 5.41 Å². The van der Waals surface area contributed by atoms with Gasteiger partial charge in [0.05, 0.1) is 12.1 Å². The first-order valence-electron chi connectivity index (χ1n) is 10.8. The number of pyridine rings is 1. The zero-order valence-electron chi connectivity index (χ0n) is 19.2. The number of hydrogen-bond acceptors (Lipinski definition) is 6. The first-order chi connectivity index (χ1) is 16.8. The molecule has 36 heavy (non-hydrogen) atoms. The number of carbonyl (C=O) groups excluding carboxylic acids is 2. The summed E-state index contributed by atoms with van der Waals surface area (Å²) in [6.07, 6.45) is 3.26. The Morgan fingerprint density at radius 1 is 0.861 bits per heavy atom.